The van der Waals surface area contributed by atoms with E-state index in [0.717, 1.165) is 31.4 Å². The van der Waals surface area contributed by atoms with Gasteiger partial charge in [-0.2, -0.15) is 0 Å². The molecular weight excluding hydrogens is 344 g/mol. The summed E-state index contributed by atoms with van der Waals surface area (Å²) in [4.78, 5) is 40.9. The van der Waals surface area contributed by atoms with Crippen LogP contribution in [0, 0.1) is 0 Å². The predicted molar refractivity (Wildman–Crippen MR) is 103 cm³/mol. The molecule has 0 spiro atoms. The van der Waals surface area contributed by atoms with E-state index in [2.05, 4.69) is 15.5 Å². The van der Waals surface area contributed by atoms with Crippen molar-refractivity contribution in [3.05, 3.63) is 29.8 Å². The molecule has 2 N–H and O–H groups in total. The van der Waals surface area contributed by atoms with Gasteiger partial charge in [-0.1, -0.05) is 37.5 Å². The number of nitrogens with zero attached hydrogens (tertiary/aromatic N) is 2. The number of anilines is 1. The number of fused-ring (bicyclic) bond motifs is 1. The molecule has 27 heavy (non-hydrogen) atoms. The lowest BCUT2D eigenvalue weighted by molar-refractivity contribution is -0.140. The van der Waals surface area contributed by atoms with E-state index >= 15 is 0 Å². The molecular formula is C20H28N4O3. The van der Waals surface area contributed by atoms with Crippen LogP contribution in [-0.4, -0.2) is 55.8 Å². The van der Waals surface area contributed by atoms with Gasteiger partial charge in [0.2, 0.25) is 0 Å². The molecule has 7 nitrogen and oxygen atoms in total. The van der Waals surface area contributed by atoms with Gasteiger partial charge in [0.05, 0.1) is 0 Å². The Bertz CT molecular complexity index is 740. The number of hydrogen-bond donors (Lipinski definition) is 2. The van der Waals surface area contributed by atoms with Crippen LogP contribution in [0.3, 0.4) is 0 Å². The molecule has 1 aliphatic carbocycles. The molecule has 0 aromatic heterocycles. The lowest BCUT2D eigenvalue weighted by Crippen LogP contribution is -2.55. The third kappa shape index (κ3) is 3.69. The molecule has 1 aromatic rings. The van der Waals surface area contributed by atoms with E-state index in [1.54, 1.807) is 13.1 Å². The van der Waals surface area contributed by atoms with Gasteiger partial charge in [0.15, 0.2) is 0 Å². The fourth-order valence-electron chi connectivity index (χ4n) is 4.14. The van der Waals surface area contributed by atoms with Gasteiger partial charge in [0, 0.05) is 30.4 Å². The van der Waals surface area contributed by atoms with Gasteiger partial charge in [-0.3, -0.25) is 14.4 Å². The van der Waals surface area contributed by atoms with Crippen molar-refractivity contribution in [1.82, 2.24) is 15.5 Å². The maximum Gasteiger partial charge on any atom is 0.310 e. The van der Waals surface area contributed by atoms with E-state index in [0.29, 0.717) is 12.1 Å². The Balaban J connectivity index is 1.63. The molecule has 1 heterocycles. The maximum absolute atomic E-state index is 12.4. The molecule has 1 saturated carbocycles. The van der Waals surface area contributed by atoms with Crippen LogP contribution in [0.25, 0.3) is 0 Å². The van der Waals surface area contributed by atoms with Crippen molar-refractivity contribution in [2.75, 3.05) is 32.6 Å². The zero-order valence-electron chi connectivity index (χ0n) is 16.2. The number of hydrogen-bond acceptors (Lipinski definition) is 4. The number of benzene rings is 1. The van der Waals surface area contributed by atoms with Crippen LogP contribution < -0.4 is 15.5 Å². The van der Waals surface area contributed by atoms with Crippen molar-refractivity contribution >= 4 is 23.4 Å². The first-order valence-electron chi connectivity index (χ1n) is 9.48. The summed E-state index contributed by atoms with van der Waals surface area (Å²) in [6.45, 7) is 0.432. The first kappa shape index (κ1) is 19.4. The molecule has 0 bridgehead atoms. The van der Waals surface area contributed by atoms with Gasteiger partial charge >= 0.3 is 11.8 Å². The smallest absolute Gasteiger partial charge is 0.310 e. The van der Waals surface area contributed by atoms with E-state index in [-0.39, 0.29) is 11.4 Å². The molecule has 0 saturated heterocycles. The second-order valence-electron chi connectivity index (χ2n) is 7.72. The number of nitrogens with one attached hydrogen (secondary N) is 2. The Hall–Kier alpha value is -2.41. The van der Waals surface area contributed by atoms with Gasteiger partial charge in [-0.25, -0.2) is 0 Å². The van der Waals surface area contributed by atoms with Gasteiger partial charge in [0.1, 0.15) is 6.04 Å². The summed E-state index contributed by atoms with van der Waals surface area (Å²) >= 11 is 0. The van der Waals surface area contributed by atoms with Crippen molar-refractivity contribution < 1.29 is 14.4 Å². The summed E-state index contributed by atoms with van der Waals surface area (Å²) in [6.07, 6.45) is 5.46. The van der Waals surface area contributed by atoms with Crippen LogP contribution in [0.4, 0.5) is 5.69 Å². The lowest BCUT2D eigenvalue weighted by Gasteiger charge is -2.43. The highest BCUT2D eigenvalue weighted by Crippen LogP contribution is 2.34. The maximum atomic E-state index is 12.4. The normalized spacial score (nSPS) is 21.1. The van der Waals surface area contributed by atoms with E-state index < -0.39 is 17.9 Å². The quantitative estimate of drug-likeness (QED) is 0.778. The minimum Gasteiger partial charge on any atom is -0.346 e. The van der Waals surface area contributed by atoms with Gasteiger partial charge in [-0.15, -0.1) is 0 Å². The monoisotopic (exact) mass is 372 g/mol. The third-order valence-corrected chi connectivity index (χ3v) is 5.98. The summed E-state index contributed by atoms with van der Waals surface area (Å²) in [7, 11) is 5.69. The fraction of sp³-hybridized carbons (Fsp3) is 0.550. The topological polar surface area (TPSA) is 81.8 Å². The van der Waals surface area contributed by atoms with E-state index in [1.165, 1.54) is 11.3 Å². The Morgan fingerprint density at radius 1 is 1.15 bits per heavy atom. The second-order valence-corrected chi connectivity index (χ2v) is 7.72. The van der Waals surface area contributed by atoms with Crippen molar-refractivity contribution in [2.45, 2.75) is 43.7 Å². The highest BCUT2D eigenvalue weighted by Gasteiger charge is 2.38. The highest BCUT2D eigenvalue weighted by molar-refractivity contribution is 6.35. The molecule has 3 rings (SSSR count). The van der Waals surface area contributed by atoms with Crippen LogP contribution in [-0.2, 0) is 14.4 Å². The molecule has 0 unspecified atom stereocenters. The van der Waals surface area contributed by atoms with Crippen LogP contribution in [0.2, 0.25) is 0 Å². The number of likely N-dealkylation sites (N-methyl/N-ethyl adjacent to an activating group) is 2. The highest BCUT2D eigenvalue weighted by atomic mass is 16.2. The van der Waals surface area contributed by atoms with Crippen LogP contribution in [0.1, 0.15) is 43.7 Å². The fourth-order valence-corrected chi connectivity index (χ4v) is 4.14. The number of carbonyl (C=O) groups excluding carboxylic acids is 3. The summed E-state index contributed by atoms with van der Waals surface area (Å²) in [5.41, 5.74) is 1.36. The first-order chi connectivity index (χ1) is 12.9. The van der Waals surface area contributed by atoms with Crippen molar-refractivity contribution in [1.29, 1.82) is 0 Å². The summed E-state index contributed by atoms with van der Waals surface area (Å²) in [6, 6.07) is 6.45. The molecule has 146 valence electrons. The van der Waals surface area contributed by atoms with Crippen LogP contribution >= 0.6 is 0 Å². The molecule has 7 heteroatoms. The largest absolute Gasteiger partial charge is 0.346 e. The van der Waals surface area contributed by atoms with Crippen molar-refractivity contribution in [3.63, 3.8) is 0 Å². The molecule has 1 atom stereocenters. The number of amides is 3. The van der Waals surface area contributed by atoms with E-state index in [1.807, 2.05) is 32.3 Å². The van der Waals surface area contributed by atoms with Crippen molar-refractivity contribution in [2.24, 2.45) is 0 Å². The Morgan fingerprint density at radius 3 is 2.48 bits per heavy atom. The standard InChI is InChI=1S/C20H28N4O3/c1-23(2)20(11-7-4-8-12-20)13-21-17(25)18(26)22-16-14-9-5-6-10-15(14)24(3)19(16)27/h5-6,9-10,16H,4,7-8,11-13H2,1-3H3,(H,21,25)(H,22,26)/t16-/m0/s1. The predicted octanol–water partition coefficient (Wildman–Crippen LogP) is 1.20. The van der Waals surface area contributed by atoms with Gasteiger partial charge in [-0.05, 0) is 33.0 Å². The number of carbonyl (C=O) groups is 3. The zero-order chi connectivity index (χ0) is 19.6. The first-order valence-corrected chi connectivity index (χ1v) is 9.48. The molecule has 1 fully saturated rings. The zero-order valence-corrected chi connectivity index (χ0v) is 16.2. The molecule has 2 aliphatic rings. The van der Waals surface area contributed by atoms with Gasteiger partial charge in [0.25, 0.3) is 5.91 Å². The van der Waals surface area contributed by atoms with E-state index in [9.17, 15) is 14.4 Å². The third-order valence-electron chi connectivity index (χ3n) is 5.98. The average molecular weight is 372 g/mol. The molecule has 1 aliphatic heterocycles. The molecule has 1 aromatic carbocycles. The van der Waals surface area contributed by atoms with Gasteiger partial charge < -0.3 is 20.4 Å². The molecule has 3 amide bonds. The average Bonchev–Trinajstić information content (AvgIpc) is 2.92. The summed E-state index contributed by atoms with van der Waals surface area (Å²) < 4.78 is 0. The Kier molecular flexibility index (Phi) is 5.51. The number of rotatable bonds is 4. The minimum absolute atomic E-state index is 0.107. The Morgan fingerprint density at radius 2 is 1.81 bits per heavy atom. The SMILES string of the molecule is CN1C(=O)[C@@H](NC(=O)C(=O)NCC2(N(C)C)CCCCC2)c2ccccc21. The van der Waals surface area contributed by atoms with E-state index in [4.69, 9.17) is 0 Å². The Labute approximate surface area is 160 Å². The summed E-state index contributed by atoms with van der Waals surface area (Å²) in [5.74, 6) is -1.71. The lowest BCUT2D eigenvalue weighted by atomic mass is 9.80. The van der Waals surface area contributed by atoms with Crippen LogP contribution in [0.15, 0.2) is 24.3 Å². The minimum atomic E-state index is -0.818. The number of para-hydroxylation sites is 1. The van der Waals surface area contributed by atoms with Crippen molar-refractivity contribution in [3.8, 4) is 0 Å². The van der Waals surface area contributed by atoms with Crippen LogP contribution in [0.5, 0.6) is 0 Å². The molecule has 0 radical (unpaired) electrons. The summed E-state index contributed by atoms with van der Waals surface area (Å²) in [5, 5.41) is 5.37. The second kappa shape index (κ2) is 7.68.